The molecule has 0 spiro atoms. The van der Waals surface area contributed by atoms with Gasteiger partial charge in [0, 0.05) is 12.1 Å². The minimum Gasteiger partial charge on any atom is -0.324 e. The fourth-order valence-corrected chi connectivity index (χ4v) is 1.88. The van der Waals surface area contributed by atoms with Gasteiger partial charge in [-0.3, -0.25) is 0 Å². The van der Waals surface area contributed by atoms with Crippen LogP contribution in [0, 0.1) is 17.5 Å². The van der Waals surface area contributed by atoms with E-state index in [0.717, 1.165) is 18.2 Å². The minimum absolute atomic E-state index is 0.277. The average molecular weight is 251 g/mol. The standard InChI is InChI=1S/C14H12F3N/c1-8(18)13-3-2-10(15)7-14(13)9-4-11(16)6-12(17)5-9/h2-8H,18H2,1H3. The van der Waals surface area contributed by atoms with Gasteiger partial charge in [0.15, 0.2) is 0 Å². The predicted octanol–water partition coefficient (Wildman–Crippen LogP) is 3.79. The Kier molecular flexibility index (Phi) is 3.39. The van der Waals surface area contributed by atoms with Crippen molar-refractivity contribution in [2.45, 2.75) is 13.0 Å². The first-order chi connectivity index (χ1) is 8.47. The Morgan fingerprint density at radius 3 is 2.06 bits per heavy atom. The molecule has 1 atom stereocenters. The molecule has 0 aliphatic heterocycles. The molecule has 0 aliphatic carbocycles. The first-order valence-electron chi connectivity index (χ1n) is 5.49. The van der Waals surface area contributed by atoms with Crippen LogP contribution in [0.1, 0.15) is 18.5 Å². The zero-order chi connectivity index (χ0) is 13.3. The highest BCUT2D eigenvalue weighted by Gasteiger charge is 2.12. The molecule has 1 unspecified atom stereocenters. The summed E-state index contributed by atoms with van der Waals surface area (Å²) in [5, 5.41) is 0. The highest BCUT2D eigenvalue weighted by molar-refractivity contribution is 5.68. The molecular weight excluding hydrogens is 239 g/mol. The smallest absolute Gasteiger partial charge is 0.126 e. The number of hydrogen-bond acceptors (Lipinski definition) is 1. The van der Waals surface area contributed by atoms with E-state index in [2.05, 4.69) is 0 Å². The highest BCUT2D eigenvalue weighted by atomic mass is 19.1. The summed E-state index contributed by atoms with van der Waals surface area (Å²) in [4.78, 5) is 0. The summed E-state index contributed by atoms with van der Waals surface area (Å²) in [7, 11) is 0. The maximum absolute atomic E-state index is 13.3. The normalized spacial score (nSPS) is 12.5. The average Bonchev–Trinajstić information content (AvgIpc) is 2.27. The van der Waals surface area contributed by atoms with Gasteiger partial charge >= 0.3 is 0 Å². The molecule has 0 saturated carbocycles. The van der Waals surface area contributed by atoms with Gasteiger partial charge in [0.2, 0.25) is 0 Å². The van der Waals surface area contributed by atoms with Crippen LogP contribution in [0.2, 0.25) is 0 Å². The van der Waals surface area contributed by atoms with Gasteiger partial charge < -0.3 is 5.73 Å². The van der Waals surface area contributed by atoms with Crippen LogP contribution in [0.3, 0.4) is 0 Å². The molecule has 0 fully saturated rings. The SMILES string of the molecule is CC(N)c1ccc(F)cc1-c1cc(F)cc(F)c1. The third kappa shape index (κ3) is 2.54. The summed E-state index contributed by atoms with van der Waals surface area (Å²) >= 11 is 0. The second-order valence-electron chi connectivity index (χ2n) is 4.18. The Bertz CT molecular complexity index is 559. The van der Waals surface area contributed by atoms with E-state index in [0.29, 0.717) is 11.1 Å². The molecule has 2 aromatic carbocycles. The lowest BCUT2D eigenvalue weighted by Gasteiger charge is -2.13. The molecule has 2 N–H and O–H groups in total. The zero-order valence-electron chi connectivity index (χ0n) is 9.75. The second kappa shape index (κ2) is 4.82. The van der Waals surface area contributed by atoms with E-state index in [1.165, 1.54) is 18.2 Å². The molecule has 4 heteroatoms. The Morgan fingerprint density at radius 2 is 1.50 bits per heavy atom. The maximum Gasteiger partial charge on any atom is 0.126 e. The van der Waals surface area contributed by atoms with Gasteiger partial charge in [-0.2, -0.15) is 0 Å². The van der Waals surface area contributed by atoms with Gasteiger partial charge in [-0.25, -0.2) is 13.2 Å². The van der Waals surface area contributed by atoms with Crippen molar-refractivity contribution in [3.8, 4) is 11.1 Å². The first-order valence-corrected chi connectivity index (χ1v) is 5.49. The van der Waals surface area contributed by atoms with Crippen LogP contribution >= 0.6 is 0 Å². The van der Waals surface area contributed by atoms with Crippen molar-refractivity contribution >= 4 is 0 Å². The minimum atomic E-state index is -0.704. The number of benzene rings is 2. The summed E-state index contributed by atoms with van der Waals surface area (Å²) in [5.74, 6) is -1.88. The Labute approximate surface area is 103 Å². The van der Waals surface area contributed by atoms with E-state index in [1.807, 2.05) is 0 Å². The Hall–Kier alpha value is -1.81. The maximum atomic E-state index is 13.3. The summed E-state index contributed by atoms with van der Waals surface area (Å²) in [6.45, 7) is 1.73. The molecular formula is C14H12F3N. The van der Waals surface area contributed by atoms with Gasteiger partial charge in [0.05, 0.1) is 0 Å². The van der Waals surface area contributed by atoms with E-state index in [9.17, 15) is 13.2 Å². The molecule has 0 bridgehead atoms. The van der Waals surface area contributed by atoms with E-state index in [4.69, 9.17) is 5.73 Å². The number of hydrogen-bond donors (Lipinski definition) is 1. The Balaban J connectivity index is 2.65. The quantitative estimate of drug-likeness (QED) is 0.863. The zero-order valence-corrected chi connectivity index (χ0v) is 9.75. The van der Waals surface area contributed by atoms with E-state index in [1.54, 1.807) is 6.92 Å². The third-order valence-corrected chi connectivity index (χ3v) is 2.68. The summed E-state index contributed by atoms with van der Waals surface area (Å²) in [6.07, 6.45) is 0. The van der Waals surface area contributed by atoms with Crippen molar-refractivity contribution in [1.29, 1.82) is 0 Å². The Morgan fingerprint density at radius 1 is 0.889 bits per heavy atom. The van der Waals surface area contributed by atoms with Crippen LogP contribution in [-0.2, 0) is 0 Å². The van der Waals surface area contributed by atoms with Crippen molar-refractivity contribution in [3.63, 3.8) is 0 Å². The number of halogens is 3. The molecule has 18 heavy (non-hydrogen) atoms. The van der Waals surface area contributed by atoms with Crippen LogP contribution in [-0.4, -0.2) is 0 Å². The molecule has 2 aromatic rings. The van der Waals surface area contributed by atoms with Crippen molar-refractivity contribution in [2.75, 3.05) is 0 Å². The van der Waals surface area contributed by atoms with Gasteiger partial charge in [0.1, 0.15) is 17.5 Å². The summed E-state index contributed by atoms with van der Waals surface area (Å²) in [5.41, 5.74) is 7.09. The topological polar surface area (TPSA) is 26.0 Å². The van der Waals surface area contributed by atoms with Crippen LogP contribution in [0.25, 0.3) is 11.1 Å². The summed E-state index contributed by atoms with van der Waals surface area (Å²) < 4.78 is 39.6. The molecule has 1 nitrogen and oxygen atoms in total. The van der Waals surface area contributed by atoms with Gasteiger partial charge in [-0.1, -0.05) is 6.07 Å². The molecule has 0 aromatic heterocycles. The molecule has 2 rings (SSSR count). The summed E-state index contributed by atoms with van der Waals surface area (Å²) in [6, 6.07) is 6.76. The fourth-order valence-electron chi connectivity index (χ4n) is 1.88. The first kappa shape index (κ1) is 12.6. The molecule has 0 heterocycles. The number of nitrogens with two attached hydrogens (primary N) is 1. The van der Waals surface area contributed by atoms with Gasteiger partial charge in [0.25, 0.3) is 0 Å². The lowest BCUT2D eigenvalue weighted by Crippen LogP contribution is -2.07. The lowest BCUT2D eigenvalue weighted by molar-refractivity contribution is 0.584. The van der Waals surface area contributed by atoms with E-state index in [-0.39, 0.29) is 11.6 Å². The van der Waals surface area contributed by atoms with E-state index < -0.39 is 17.5 Å². The number of rotatable bonds is 2. The molecule has 0 aliphatic rings. The van der Waals surface area contributed by atoms with Crippen molar-refractivity contribution in [2.24, 2.45) is 5.73 Å². The van der Waals surface area contributed by atoms with Crippen LogP contribution in [0.4, 0.5) is 13.2 Å². The molecule has 0 amide bonds. The largest absolute Gasteiger partial charge is 0.324 e. The van der Waals surface area contributed by atoms with Gasteiger partial charge in [-0.15, -0.1) is 0 Å². The fraction of sp³-hybridized carbons (Fsp3) is 0.143. The molecule has 0 radical (unpaired) electrons. The van der Waals surface area contributed by atoms with Crippen molar-refractivity contribution in [1.82, 2.24) is 0 Å². The van der Waals surface area contributed by atoms with Crippen LogP contribution in [0.15, 0.2) is 36.4 Å². The third-order valence-electron chi connectivity index (χ3n) is 2.68. The van der Waals surface area contributed by atoms with Crippen molar-refractivity contribution in [3.05, 3.63) is 59.4 Å². The molecule has 0 saturated heterocycles. The highest BCUT2D eigenvalue weighted by Crippen LogP contribution is 2.29. The van der Waals surface area contributed by atoms with Crippen LogP contribution < -0.4 is 5.73 Å². The second-order valence-corrected chi connectivity index (χ2v) is 4.18. The molecule has 94 valence electrons. The lowest BCUT2D eigenvalue weighted by atomic mass is 9.95. The van der Waals surface area contributed by atoms with Crippen LogP contribution in [0.5, 0.6) is 0 Å². The monoisotopic (exact) mass is 251 g/mol. The predicted molar refractivity (Wildman–Crippen MR) is 64.4 cm³/mol. The van der Waals surface area contributed by atoms with E-state index >= 15 is 0 Å². The van der Waals surface area contributed by atoms with Gasteiger partial charge in [-0.05, 0) is 47.9 Å². The van der Waals surface area contributed by atoms with Crippen molar-refractivity contribution < 1.29 is 13.2 Å².